The Morgan fingerprint density at radius 1 is 1.42 bits per heavy atom. The molecule has 6 heteroatoms. The van der Waals surface area contributed by atoms with E-state index in [4.69, 9.17) is 0 Å². The third kappa shape index (κ3) is 6.31. The molecule has 1 rings (SSSR count). The zero-order chi connectivity index (χ0) is 14.3. The van der Waals surface area contributed by atoms with Crippen LogP contribution in [0.3, 0.4) is 0 Å². The van der Waals surface area contributed by atoms with Gasteiger partial charge in [0, 0.05) is 16.6 Å². The highest BCUT2D eigenvalue weighted by Gasteiger charge is 2.10. The van der Waals surface area contributed by atoms with Crippen molar-refractivity contribution >= 4 is 15.9 Å². The van der Waals surface area contributed by atoms with Crippen molar-refractivity contribution in [2.75, 3.05) is 6.54 Å². The molecule has 1 aromatic carbocycles. The molecule has 1 atom stereocenters. The molecule has 0 amide bonds. The molecular formula is C13H18BrF2NO2. The predicted molar refractivity (Wildman–Crippen MR) is 73.4 cm³/mol. The topological polar surface area (TPSA) is 41.5 Å². The molecule has 0 saturated heterocycles. The number of rotatable bonds is 8. The maximum absolute atomic E-state index is 12.3. The number of nitrogens with one attached hydrogen (secondary N) is 1. The Hall–Kier alpha value is -0.720. The average molecular weight is 338 g/mol. The van der Waals surface area contributed by atoms with Crippen LogP contribution in [0.25, 0.3) is 0 Å². The van der Waals surface area contributed by atoms with Crippen LogP contribution in [0.15, 0.2) is 22.7 Å². The fourth-order valence-electron chi connectivity index (χ4n) is 1.59. The van der Waals surface area contributed by atoms with Crippen LogP contribution in [-0.2, 0) is 6.54 Å². The third-order valence-electron chi connectivity index (χ3n) is 2.68. The highest BCUT2D eigenvalue weighted by atomic mass is 79.9. The van der Waals surface area contributed by atoms with Crippen molar-refractivity contribution < 1.29 is 18.6 Å². The lowest BCUT2D eigenvalue weighted by Gasteiger charge is -2.13. The molecule has 1 aromatic rings. The van der Waals surface area contributed by atoms with Gasteiger partial charge >= 0.3 is 6.61 Å². The number of halogens is 3. The molecule has 0 aliphatic rings. The van der Waals surface area contributed by atoms with Crippen LogP contribution in [0.2, 0.25) is 0 Å². The number of aliphatic hydroxyl groups excluding tert-OH is 1. The average Bonchev–Trinajstić information content (AvgIpc) is 2.36. The molecule has 0 bridgehead atoms. The standard InChI is InChI=1S/C13H18BrF2NO2/c1-2-11(18)5-6-17-8-9-7-10(14)3-4-12(9)19-13(15)16/h3-4,7,11,13,17-18H,2,5-6,8H2,1H3. The largest absolute Gasteiger partial charge is 0.434 e. The van der Waals surface area contributed by atoms with Crippen molar-refractivity contribution in [2.24, 2.45) is 0 Å². The smallest absolute Gasteiger partial charge is 0.387 e. The van der Waals surface area contributed by atoms with E-state index in [1.54, 1.807) is 12.1 Å². The van der Waals surface area contributed by atoms with E-state index in [9.17, 15) is 13.9 Å². The summed E-state index contributed by atoms with van der Waals surface area (Å²) in [6.07, 6.45) is 1.01. The molecule has 19 heavy (non-hydrogen) atoms. The molecule has 0 fully saturated rings. The van der Waals surface area contributed by atoms with Gasteiger partial charge in [-0.2, -0.15) is 8.78 Å². The summed E-state index contributed by atoms with van der Waals surface area (Å²) in [4.78, 5) is 0. The van der Waals surface area contributed by atoms with Crippen molar-refractivity contribution in [3.63, 3.8) is 0 Å². The van der Waals surface area contributed by atoms with Crippen molar-refractivity contribution in [3.05, 3.63) is 28.2 Å². The van der Waals surface area contributed by atoms with Crippen LogP contribution in [0.1, 0.15) is 25.3 Å². The second-order valence-corrected chi connectivity index (χ2v) is 5.07. The van der Waals surface area contributed by atoms with Crippen LogP contribution >= 0.6 is 15.9 Å². The Morgan fingerprint density at radius 3 is 2.79 bits per heavy atom. The normalized spacial score (nSPS) is 12.7. The lowest BCUT2D eigenvalue weighted by Crippen LogP contribution is -2.20. The van der Waals surface area contributed by atoms with Crippen LogP contribution in [0.4, 0.5) is 8.78 Å². The number of hydrogen-bond acceptors (Lipinski definition) is 3. The van der Waals surface area contributed by atoms with E-state index in [2.05, 4.69) is 26.0 Å². The highest BCUT2D eigenvalue weighted by Crippen LogP contribution is 2.24. The molecule has 0 aromatic heterocycles. The molecule has 0 heterocycles. The van der Waals surface area contributed by atoms with Crippen molar-refractivity contribution in [1.29, 1.82) is 0 Å². The number of hydrogen-bond donors (Lipinski definition) is 2. The molecule has 1 unspecified atom stereocenters. The summed E-state index contributed by atoms with van der Waals surface area (Å²) in [6.45, 7) is 0.114. The minimum Gasteiger partial charge on any atom is -0.434 e. The Morgan fingerprint density at radius 2 is 2.16 bits per heavy atom. The zero-order valence-corrected chi connectivity index (χ0v) is 12.3. The highest BCUT2D eigenvalue weighted by molar-refractivity contribution is 9.10. The molecule has 3 nitrogen and oxygen atoms in total. The first-order valence-corrected chi connectivity index (χ1v) is 6.94. The Bertz CT molecular complexity index is 391. The van der Waals surface area contributed by atoms with Crippen LogP contribution in [-0.4, -0.2) is 24.4 Å². The van der Waals surface area contributed by atoms with E-state index in [1.807, 2.05) is 6.92 Å². The molecule has 0 spiro atoms. The molecule has 0 saturated carbocycles. The molecule has 0 aliphatic carbocycles. The van der Waals surface area contributed by atoms with E-state index in [0.29, 0.717) is 31.5 Å². The first-order valence-electron chi connectivity index (χ1n) is 6.15. The van der Waals surface area contributed by atoms with Gasteiger partial charge in [0.05, 0.1) is 6.10 Å². The summed E-state index contributed by atoms with van der Waals surface area (Å²) in [5.74, 6) is 0.168. The first-order chi connectivity index (χ1) is 9.02. The maximum Gasteiger partial charge on any atom is 0.387 e. The fraction of sp³-hybridized carbons (Fsp3) is 0.538. The minimum absolute atomic E-state index is 0.168. The SMILES string of the molecule is CCC(O)CCNCc1cc(Br)ccc1OC(F)F. The van der Waals surface area contributed by atoms with Gasteiger partial charge in [0.2, 0.25) is 0 Å². The van der Waals surface area contributed by atoms with Crippen molar-refractivity contribution in [3.8, 4) is 5.75 Å². The van der Waals surface area contributed by atoms with Gasteiger partial charge in [-0.25, -0.2) is 0 Å². The predicted octanol–water partition coefficient (Wildman–Crippen LogP) is 3.30. The van der Waals surface area contributed by atoms with Gasteiger partial charge in [-0.3, -0.25) is 0 Å². The van der Waals surface area contributed by atoms with Gasteiger partial charge in [0.1, 0.15) is 5.75 Å². The molecule has 0 radical (unpaired) electrons. The van der Waals surface area contributed by atoms with Crippen LogP contribution < -0.4 is 10.1 Å². The number of aliphatic hydroxyl groups is 1. The van der Waals surface area contributed by atoms with Gasteiger partial charge in [0.25, 0.3) is 0 Å². The summed E-state index contributed by atoms with van der Waals surface area (Å²) in [7, 11) is 0. The quantitative estimate of drug-likeness (QED) is 0.715. The lowest BCUT2D eigenvalue weighted by atomic mass is 10.2. The first kappa shape index (κ1) is 16.3. The van der Waals surface area contributed by atoms with Gasteiger partial charge in [-0.05, 0) is 37.6 Å². The van der Waals surface area contributed by atoms with E-state index in [-0.39, 0.29) is 11.9 Å². The monoisotopic (exact) mass is 337 g/mol. The third-order valence-corrected chi connectivity index (χ3v) is 3.17. The molecule has 108 valence electrons. The second kappa shape index (κ2) is 8.45. The Labute approximate surface area is 120 Å². The second-order valence-electron chi connectivity index (χ2n) is 4.16. The number of ether oxygens (including phenoxy) is 1. The zero-order valence-electron chi connectivity index (χ0n) is 10.7. The fourth-order valence-corrected chi connectivity index (χ4v) is 2.00. The van der Waals surface area contributed by atoms with E-state index < -0.39 is 6.61 Å². The van der Waals surface area contributed by atoms with E-state index >= 15 is 0 Å². The number of alkyl halides is 2. The molecular weight excluding hydrogens is 320 g/mol. The van der Waals surface area contributed by atoms with Crippen molar-refractivity contribution in [2.45, 2.75) is 39.0 Å². The summed E-state index contributed by atoms with van der Waals surface area (Å²) >= 11 is 3.30. The number of benzene rings is 1. The van der Waals surface area contributed by atoms with Crippen LogP contribution in [0.5, 0.6) is 5.75 Å². The van der Waals surface area contributed by atoms with E-state index in [1.165, 1.54) is 6.07 Å². The summed E-state index contributed by atoms with van der Waals surface area (Å²) in [5, 5.41) is 12.5. The lowest BCUT2D eigenvalue weighted by molar-refractivity contribution is -0.0505. The van der Waals surface area contributed by atoms with Crippen molar-refractivity contribution in [1.82, 2.24) is 5.32 Å². The van der Waals surface area contributed by atoms with Gasteiger partial charge in [-0.15, -0.1) is 0 Å². The summed E-state index contributed by atoms with van der Waals surface area (Å²) in [5.41, 5.74) is 0.653. The van der Waals surface area contributed by atoms with E-state index in [0.717, 1.165) is 4.47 Å². The summed E-state index contributed by atoms with van der Waals surface area (Å²) < 4.78 is 29.8. The maximum atomic E-state index is 12.3. The Kier molecular flexibility index (Phi) is 7.27. The van der Waals surface area contributed by atoms with Gasteiger partial charge in [-0.1, -0.05) is 22.9 Å². The summed E-state index contributed by atoms with van der Waals surface area (Å²) in [6, 6.07) is 4.90. The Balaban J connectivity index is 2.53. The van der Waals surface area contributed by atoms with Crippen LogP contribution in [0, 0.1) is 0 Å². The van der Waals surface area contributed by atoms with Gasteiger partial charge in [0.15, 0.2) is 0 Å². The minimum atomic E-state index is -2.83. The van der Waals surface area contributed by atoms with Gasteiger partial charge < -0.3 is 15.2 Å². The molecule has 2 N–H and O–H groups in total. The molecule has 0 aliphatic heterocycles.